The molecule has 2 aromatic carbocycles. The van der Waals surface area contributed by atoms with Crippen LogP contribution in [-0.2, 0) is 16.1 Å². The Bertz CT molecular complexity index is 829. The molecule has 1 aliphatic rings. The van der Waals surface area contributed by atoms with Crippen molar-refractivity contribution in [3.8, 4) is 5.75 Å². The van der Waals surface area contributed by atoms with Crippen molar-refractivity contribution in [2.24, 2.45) is 0 Å². The standard InChI is InChI=1S/C22H27N3O3/c1-17-7-3-4-8-18(17)16-23-21(26)15-22(27)25-13-11-24(12-14-25)19-9-5-6-10-20(19)28-2/h3-10H,11-16H2,1-2H3,(H,23,26). The van der Waals surface area contributed by atoms with Crippen LogP contribution in [0.15, 0.2) is 48.5 Å². The van der Waals surface area contributed by atoms with Crippen molar-refractivity contribution in [1.29, 1.82) is 0 Å². The van der Waals surface area contributed by atoms with Gasteiger partial charge < -0.3 is 19.9 Å². The number of carbonyl (C=O) groups is 2. The highest BCUT2D eigenvalue weighted by Crippen LogP contribution is 2.28. The smallest absolute Gasteiger partial charge is 0.232 e. The largest absolute Gasteiger partial charge is 0.495 e. The van der Waals surface area contributed by atoms with Gasteiger partial charge in [0.2, 0.25) is 11.8 Å². The fourth-order valence-electron chi connectivity index (χ4n) is 3.40. The van der Waals surface area contributed by atoms with E-state index in [0.29, 0.717) is 19.6 Å². The molecule has 1 saturated heterocycles. The third-order valence-electron chi connectivity index (χ3n) is 5.11. The quantitative estimate of drug-likeness (QED) is 0.781. The van der Waals surface area contributed by atoms with Crippen molar-refractivity contribution in [3.63, 3.8) is 0 Å². The second kappa shape index (κ2) is 9.26. The van der Waals surface area contributed by atoms with Gasteiger partial charge in [0.15, 0.2) is 0 Å². The van der Waals surface area contributed by atoms with E-state index in [0.717, 1.165) is 35.7 Å². The number of piperazine rings is 1. The molecule has 0 bridgehead atoms. The summed E-state index contributed by atoms with van der Waals surface area (Å²) in [5.74, 6) is 0.472. The highest BCUT2D eigenvalue weighted by Gasteiger charge is 2.24. The molecule has 0 saturated carbocycles. The molecule has 1 heterocycles. The molecule has 2 aromatic rings. The number of rotatable bonds is 6. The van der Waals surface area contributed by atoms with Crippen LogP contribution in [0.5, 0.6) is 5.75 Å². The average molecular weight is 381 g/mol. The molecular weight excluding hydrogens is 354 g/mol. The first-order chi connectivity index (χ1) is 13.6. The summed E-state index contributed by atoms with van der Waals surface area (Å²) in [7, 11) is 1.66. The Balaban J connectivity index is 1.47. The summed E-state index contributed by atoms with van der Waals surface area (Å²) in [6.07, 6.45) is -0.111. The van der Waals surface area contributed by atoms with Gasteiger partial charge in [-0.15, -0.1) is 0 Å². The molecule has 0 unspecified atom stereocenters. The summed E-state index contributed by atoms with van der Waals surface area (Å²) in [6, 6.07) is 15.8. The number of aryl methyl sites for hydroxylation is 1. The number of nitrogens with zero attached hydrogens (tertiary/aromatic N) is 2. The van der Waals surface area contributed by atoms with E-state index >= 15 is 0 Å². The normalized spacial score (nSPS) is 13.9. The fourth-order valence-corrected chi connectivity index (χ4v) is 3.40. The fraction of sp³-hybridized carbons (Fsp3) is 0.364. The minimum absolute atomic E-state index is 0.111. The zero-order chi connectivity index (χ0) is 19.9. The maximum absolute atomic E-state index is 12.5. The molecule has 148 valence electrons. The topological polar surface area (TPSA) is 61.9 Å². The van der Waals surface area contributed by atoms with Crippen molar-refractivity contribution < 1.29 is 14.3 Å². The Labute approximate surface area is 166 Å². The number of benzene rings is 2. The SMILES string of the molecule is COc1ccccc1N1CCN(C(=O)CC(=O)NCc2ccccc2C)CC1. The maximum Gasteiger partial charge on any atom is 0.232 e. The van der Waals surface area contributed by atoms with Crippen LogP contribution >= 0.6 is 0 Å². The van der Waals surface area contributed by atoms with Gasteiger partial charge in [0.1, 0.15) is 12.2 Å². The molecule has 3 rings (SSSR count). The minimum atomic E-state index is -0.236. The van der Waals surface area contributed by atoms with E-state index < -0.39 is 0 Å². The third-order valence-corrected chi connectivity index (χ3v) is 5.11. The van der Waals surface area contributed by atoms with E-state index in [4.69, 9.17) is 4.74 Å². The number of methoxy groups -OCH3 is 1. The van der Waals surface area contributed by atoms with Gasteiger partial charge in [-0.25, -0.2) is 0 Å². The summed E-state index contributed by atoms with van der Waals surface area (Å²) < 4.78 is 5.42. The highest BCUT2D eigenvalue weighted by atomic mass is 16.5. The predicted octanol–water partition coefficient (Wildman–Crippen LogP) is 2.36. The van der Waals surface area contributed by atoms with E-state index in [1.165, 1.54) is 0 Å². The molecule has 6 nitrogen and oxygen atoms in total. The first-order valence-corrected chi connectivity index (χ1v) is 9.55. The molecule has 0 atom stereocenters. The van der Waals surface area contributed by atoms with Gasteiger partial charge in [-0.1, -0.05) is 36.4 Å². The van der Waals surface area contributed by atoms with E-state index in [9.17, 15) is 9.59 Å². The van der Waals surface area contributed by atoms with Gasteiger partial charge in [-0.2, -0.15) is 0 Å². The van der Waals surface area contributed by atoms with Crippen molar-refractivity contribution in [1.82, 2.24) is 10.2 Å². The first-order valence-electron chi connectivity index (χ1n) is 9.55. The Morgan fingerprint density at radius 1 is 1.00 bits per heavy atom. The van der Waals surface area contributed by atoms with Crippen LogP contribution in [0.3, 0.4) is 0 Å². The van der Waals surface area contributed by atoms with E-state index in [1.54, 1.807) is 12.0 Å². The third kappa shape index (κ3) is 4.82. The molecule has 1 fully saturated rings. The lowest BCUT2D eigenvalue weighted by Crippen LogP contribution is -2.49. The van der Waals surface area contributed by atoms with E-state index in [-0.39, 0.29) is 18.2 Å². The molecule has 1 N–H and O–H groups in total. The second-order valence-corrected chi connectivity index (χ2v) is 6.92. The van der Waals surface area contributed by atoms with Crippen LogP contribution in [0, 0.1) is 6.92 Å². The van der Waals surface area contributed by atoms with Crippen LogP contribution in [0.25, 0.3) is 0 Å². The monoisotopic (exact) mass is 381 g/mol. The summed E-state index contributed by atoms with van der Waals surface area (Å²) in [5.41, 5.74) is 3.23. The second-order valence-electron chi connectivity index (χ2n) is 6.92. The number of hydrogen-bond acceptors (Lipinski definition) is 4. The first kappa shape index (κ1) is 19.7. The minimum Gasteiger partial charge on any atom is -0.495 e. The lowest BCUT2D eigenvalue weighted by atomic mass is 10.1. The predicted molar refractivity (Wildman–Crippen MR) is 109 cm³/mol. The van der Waals surface area contributed by atoms with Crippen LogP contribution in [0.4, 0.5) is 5.69 Å². The van der Waals surface area contributed by atoms with Gasteiger partial charge >= 0.3 is 0 Å². The molecule has 1 aliphatic heterocycles. The molecule has 0 aliphatic carbocycles. The number of carbonyl (C=O) groups excluding carboxylic acids is 2. The lowest BCUT2D eigenvalue weighted by molar-refractivity contribution is -0.136. The Hall–Kier alpha value is -3.02. The van der Waals surface area contributed by atoms with Crippen LogP contribution in [0.2, 0.25) is 0 Å². The van der Waals surface area contributed by atoms with Crippen molar-refractivity contribution in [2.75, 3.05) is 38.2 Å². The Morgan fingerprint density at radius 3 is 2.39 bits per heavy atom. The van der Waals surface area contributed by atoms with Crippen molar-refractivity contribution in [2.45, 2.75) is 19.9 Å². The number of hydrogen-bond donors (Lipinski definition) is 1. The van der Waals surface area contributed by atoms with Crippen molar-refractivity contribution in [3.05, 3.63) is 59.7 Å². The summed E-state index contributed by atoms with van der Waals surface area (Å²) >= 11 is 0. The summed E-state index contributed by atoms with van der Waals surface area (Å²) in [4.78, 5) is 28.6. The van der Waals surface area contributed by atoms with Crippen LogP contribution in [0.1, 0.15) is 17.5 Å². The number of ether oxygens (including phenoxy) is 1. The Morgan fingerprint density at radius 2 is 1.68 bits per heavy atom. The zero-order valence-electron chi connectivity index (χ0n) is 16.5. The number of amides is 2. The molecule has 28 heavy (non-hydrogen) atoms. The lowest BCUT2D eigenvalue weighted by Gasteiger charge is -2.36. The summed E-state index contributed by atoms with van der Waals surface area (Å²) in [5, 5.41) is 2.85. The van der Waals surface area contributed by atoms with Crippen molar-refractivity contribution >= 4 is 17.5 Å². The molecule has 0 spiro atoms. The average Bonchev–Trinajstić information content (AvgIpc) is 2.73. The van der Waals surface area contributed by atoms with Crippen LogP contribution in [-0.4, -0.2) is 50.0 Å². The molecule has 2 amide bonds. The molecule has 0 aromatic heterocycles. The molecule has 6 heteroatoms. The molecule has 0 radical (unpaired) electrons. The Kier molecular flexibility index (Phi) is 6.53. The number of anilines is 1. The highest BCUT2D eigenvalue weighted by molar-refractivity contribution is 5.97. The maximum atomic E-state index is 12.5. The summed E-state index contributed by atoms with van der Waals surface area (Å²) in [6.45, 7) is 5.09. The van der Waals surface area contributed by atoms with Crippen LogP contribution < -0.4 is 15.0 Å². The molecular formula is C22H27N3O3. The van der Waals surface area contributed by atoms with Gasteiger partial charge in [0.05, 0.1) is 12.8 Å². The van der Waals surface area contributed by atoms with E-state index in [2.05, 4.69) is 10.2 Å². The number of nitrogens with one attached hydrogen (secondary N) is 1. The van der Waals surface area contributed by atoms with Gasteiger partial charge in [0, 0.05) is 32.7 Å². The van der Waals surface area contributed by atoms with Gasteiger partial charge in [-0.3, -0.25) is 9.59 Å². The number of para-hydroxylation sites is 2. The van der Waals surface area contributed by atoms with Gasteiger partial charge in [0.25, 0.3) is 0 Å². The zero-order valence-corrected chi connectivity index (χ0v) is 16.5. The van der Waals surface area contributed by atoms with E-state index in [1.807, 2.05) is 55.5 Å². The van der Waals surface area contributed by atoms with Gasteiger partial charge in [-0.05, 0) is 30.2 Å².